The largest absolute Gasteiger partial charge is 0.462 e. The molecule has 17 heteroatoms. The lowest BCUT2D eigenvalue weighted by molar-refractivity contribution is -0.279. The van der Waals surface area contributed by atoms with E-state index in [-0.39, 0.29) is 5.75 Å². The number of hydrogen-bond acceptors (Lipinski definition) is 11. The van der Waals surface area contributed by atoms with Crippen molar-refractivity contribution in [3.63, 3.8) is 0 Å². The lowest BCUT2D eigenvalue weighted by Gasteiger charge is -2.40. The van der Waals surface area contributed by atoms with Gasteiger partial charge in [0.1, 0.15) is 18.4 Å². The van der Waals surface area contributed by atoms with Gasteiger partial charge in [0.2, 0.25) is 6.10 Å². The maximum atomic E-state index is 16.4. The zero-order chi connectivity index (χ0) is 31.2. The molecule has 0 amide bonds. The van der Waals surface area contributed by atoms with E-state index in [4.69, 9.17) is 34.9 Å². The van der Waals surface area contributed by atoms with Crippen LogP contribution in [0, 0.1) is 0 Å². The van der Waals surface area contributed by atoms with Crippen molar-refractivity contribution in [3.8, 4) is 5.75 Å². The van der Waals surface area contributed by atoms with Crippen molar-refractivity contribution in [2.24, 2.45) is 0 Å². The van der Waals surface area contributed by atoms with Crippen LogP contribution >= 0.6 is 19.3 Å². The quantitative estimate of drug-likeness (QED) is 0.206. The van der Waals surface area contributed by atoms with Crippen molar-refractivity contribution in [1.29, 1.82) is 0 Å². The monoisotopic (exact) mass is 623 g/mol. The summed E-state index contributed by atoms with van der Waals surface area (Å²) in [7, 11) is -3.86. The van der Waals surface area contributed by atoms with Crippen LogP contribution in [-0.4, -0.2) is 64.4 Å². The zero-order valence-corrected chi connectivity index (χ0v) is 24.7. The zero-order valence-electron chi connectivity index (χ0n) is 23.1. The predicted molar refractivity (Wildman–Crippen MR) is 143 cm³/mol. The average molecular weight is 624 g/mol. The predicted octanol–water partition coefficient (Wildman–Crippen LogP) is 2.23. The summed E-state index contributed by atoms with van der Waals surface area (Å²) in [5, 5.41) is 13.9. The lowest BCUT2D eigenvalue weighted by Crippen LogP contribution is -2.61. The highest BCUT2D eigenvalue weighted by atomic mass is 35.5. The van der Waals surface area contributed by atoms with E-state index in [1.54, 1.807) is 13.8 Å². The minimum absolute atomic E-state index is 0.0557. The lowest BCUT2D eigenvalue weighted by atomic mass is 10.0. The average Bonchev–Trinajstić information content (AvgIpc) is 2.86. The Morgan fingerprint density at radius 1 is 1.17 bits per heavy atom. The van der Waals surface area contributed by atoms with Gasteiger partial charge in [0.25, 0.3) is 11.4 Å². The molecule has 3 N–H and O–H groups in total. The number of nitrogens with zero attached hydrogens (tertiary/aromatic N) is 1. The van der Waals surface area contributed by atoms with Gasteiger partial charge in [-0.1, -0.05) is 11.6 Å². The summed E-state index contributed by atoms with van der Waals surface area (Å²) in [6, 6.07) is 5.03. The van der Waals surface area contributed by atoms with Gasteiger partial charge >= 0.3 is 25.4 Å². The van der Waals surface area contributed by atoms with E-state index in [0.717, 1.165) is 33.2 Å². The molecule has 2 rings (SSSR count). The Hall–Kier alpha value is -3.07. The van der Waals surface area contributed by atoms with E-state index in [0.29, 0.717) is 9.59 Å². The topological polar surface area (TPSA) is 184 Å². The van der Waals surface area contributed by atoms with Gasteiger partial charge in [-0.2, -0.15) is 5.09 Å². The van der Waals surface area contributed by atoms with Gasteiger partial charge in [0, 0.05) is 31.3 Å². The van der Waals surface area contributed by atoms with Crippen LogP contribution in [0.15, 0.2) is 46.1 Å². The van der Waals surface area contributed by atoms with Gasteiger partial charge in [-0.15, -0.1) is 0 Å². The van der Waals surface area contributed by atoms with E-state index in [9.17, 15) is 28.8 Å². The number of ether oxygens (including phenoxy) is 3. The van der Waals surface area contributed by atoms with E-state index in [1.165, 1.54) is 31.2 Å². The summed E-state index contributed by atoms with van der Waals surface area (Å²) in [6.45, 7) is 4.93. The van der Waals surface area contributed by atoms with Crippen molar-refractivity contribution >= 4 is 31.3 Å². The number of carbonyl (C=O) groups excluding carboxylic acids is 2. The summed E-state index contributed by atoms with van der Waals surface area (Å²) < 4.78 is 56.5. The van der Waals surface area contributed by atoms with Crippen LogP contribution in [0.1, 0.15) is 34.6 Å². The molecular formula is C24H32ClFN3O11P. The molecule has 1 aromatic carbocycles. The molecule has 0 bridgehead atoms. The Labute approximate surface area is 239 Å². The molecule has 1 heterocycles. The maximum Gasteiger partial charge on any atom is 0.459 e. The Balaban J connectivity index is 2.49. The molecule has 0 saturated carbocycles. The number of halogens is 2. The highest BCUT2D eigenvalue weighted by molar-refractivity contribution is 7.52. The highest BCUT2D eigenvalue weighted by Crippen LogP contribution is 2.47. The number of benzene rings is 1. The smallest absolute Gasteiger partial charge is 0.459 e. The summed E-state index contributed by atoms with van der Waals surface area (Å²) in [5.41, 5.74) is -4.69. The fourth-order valence-corrected chi connectivity index (χ4v) is 5.07. The number of aliphatic hydroxyl groups is 1. The molecule has 2 aromatic rings. The van der Waals surface area contributed by atoms with Crippen LogP contribution in [0.25, 0.3) is 0 Å². The normalized spacial score (nSPS) is 17.4. The van der Waals surface area contributed by atoms with Crippen LogP contribution in [0.4, 0.5) is 4.39 Å². The second-order valence-electron chi connectivity index (χ2n) is 9.21. The molecule has 14 nitrogen and oxygen atoms in total. The summed E-state index contributed by atoms with van der Waals surface area (Å²) in [4.78, 5) is 50.1. The number of nitrogens with one attached hydrogen (secondary N) is 2. The number of rotatable bonds is 14. The van der Waals surface area contributed by atoms with Crippen LogP contribution in [0.3, 0.4) is 0 Å². The number of hydrogen-bond donors (Lipinski definition) is 3. The van der Waals surface area contributed by atoms with E-state index in [2.05, 4.69) is 5.09 Å². The molecule has 0 aliphatic carbocycles. The third-order valence-electron chi connectivity index (χ3n) is 5.35. The highest BCUT2D eigenvalue weighted by Gasteiger charge is 2.55. The maximum absolute atomic E-state index is 16.4. The van der Waals surface area contributed by atoms with Gasteiger partial charge in [0.05, 0.1) is 6.10 Å². The molecule has 1 aromatic heterocycles. The van der Waals surface area contributed by atoms with Crippen molar-refractivity contribution < 1.29 is 46.9 Å². The minimum atomic E-state index is -4.69. The fourth-order valence-electron chi connectivity index (χ4n) is 3.44. The molecule has 0 aliphatic rings. The third kappa shape index (κ3) is 9.21. The van der Waals surface area contributed by atoms with Crippen LogP contribution in [0.5, 0.6) is 5.75 Å². The Bertz CT molecular complexity index is 1380. The first-order chi connectivity index (χ1) is 18.9. The number of alkyl halides is 1. The number of esters is 2. The molecule has 2 unspecified atom stereocenters. The first kappa shape index (κ1) is 34.1. The Kier molecular flexibility index (Phi) is 11.4. The molecule has 0 saturated heterocycles. The fraction of sp³-hybridized carbons (Fsp3) is 0.500. The molecule has 228 valence electrons. The summed E-state index contributed by atoms with van der Waals surface area (Å²) >= 11 is 5.88. The van der Waals surface area contributed by atoms with E-state index < -0.39 is 67.4 Å². The van der Waals surface area contributed by atoms with Crippen molar-refractivity contribution in [3.05, 3.63) is 62.4 Å². The van der Waals surface area contributed by atoms with Gasteiger partial charge in [0.15, 0.2) is 5.72 Å². The molecule has 41 heavy (non-hydrogen) atoms. The number of aromatic amines is 1. The van der Waals surface area contributed by atoms with E-state index >= 15 is 4.39 Å². The van der Waals surface area contributed by atoms with Gasteiger partial charge < -0.3 is 23.8 Å². The minimum Gasteiger partial charge on any atom is -0.462 e. The SMILES string of the molecule is CO[C@](F)(COP(=O)(NC(C)C(=O)OC(C)C)Oc1ccc(Cl)cc1)[C@@H](OC(C)=O)[C@@](C)(O)n1ccc(=O)[nH]c1=O. The van der Waals surface area contributed by atoms with Crippen LogP contribution < -0.4 is 20.9 Å². The van der Waals surface area contributed by atoms with Crippen molar-refractivity contribution in [1.82, 2.24) is 14.6 Å². The van der Waals surface area contributed by atoms with E-state index in [1.807, 2.05) is 4.98 Å². The summed E-state index contributed by atoms with van der Waals surface area (Å²) in [6.07, 6.45) is -2.03. The number of carbonyl (C=O) groups is 2. The Morgan fingerprint density at radius 2 is 1.78 bits per heavy atom. The van der Waals surface area contributed by atoms with Crippen LogP contribution in [0.2, 0.25) is 5.02 Å². The number of aromatic nitrogens is 2. The second kappa shape index (κ2) is 13.7. The van der Waals surface area contributed by atoms with Gasteiger partial charge in [-0.25, -0.2) is 13.8 Å². The molecule has 5 atom stereocenters. The van der Waals surface area contributed by atoms with Crippen molar-refractivity contribution in [2.45, 2.75) is 64.4 Å². The van der Waals surface area contributed by atoms with Gasteiger partial charge in [-0.05, 0) is 52.0 Å². The first-order valence-corrected chi connectivity index (χ1v) is 14.0. The third-order valence-corrected chi connectivity index (χ3v) is 7.23. The molecule has 0 fully saturated rings. The van der Waals surface area contributed by atoms with Crippen LogP contribution in [-0.2, 0) is 38.6 Å². The van der Waals surface area contributed by atoms with Crippen molar-refractivity contribution in [2.75, 3.05) is 13.7 Å². The molecule has 0 spiro atoms. The Morgan fingerprint density at radius 3 is 2.29 bits per heavy atom. The second-order valence-corrected chi connectivity index (χ2v) is 11.3. The molecule has 0 aliphatic heterocycles. The van der Waals surface area contributed by atoms with Gasteiger partial charge in [-0.3, -0.25) is 28.5 Å². The molecular weight excluding hydrogens is 592 g/mol. The number of H-pyrrole nitrogens is 1. The summed E-state index contributed by atoms with van der Waals surface area (Å²) in [5.74, 6) is -5.30. The molecule has 0 radical (unpaired) electrons. The standard InChI is InChI=1S/C24H32ClFN3O11P/c1-14(2)38-20(32)15(3)28-41(35,40-18-9-7-17(25)8-10-18)37-13-24(26,36-6)21(39-16(4)30)23(5,34)29-12-11-19(31)27-22(29)33/h7-12,14-15,21,34H,13H2,1-6H3,(H,28,35)(H,27,31,33)/t15?,21-,23+,24+,41?/m0/s1. The number of methoxy groups -OCH3 is 1. The first-order valence-electron chi connectivity index (χ1n) is 12.1.